The Labute approximate surface area is 96.7 Å². The second kappa shape index (κ2) is 7.39. The van der Waals surface area contributed by atoms with E-state index < -0.39 is 0 Å². The number of hydrogen-bond donors (Lipinski definition) is 1. The van der Waals surface area contributed by atoms with E-state index in [2.05, 4.69) is 41.8 Å². The summed E-state index contributed by atoms with van der Waals surface area (Å²) in [6.07, 6.45) is 9.18. The summed E-state index contributed by atoms with van der Waals surface area (Å²) in [6.45, 7) is 1.92. The van der Waals surface area contributed by atoms with Crippen LogP contribution in [-0.2, 0) is 6.54 Å². The molecule has 1 aromatic carbocycles. The first kappa shape index (κ1) is 12.2. The zero-order valence-electron chi connectivity index (χ0n) is 9.12. The topological polar surface area (TPSA) is 12.0 Å². The Morgan fingerprint density at radius 3 is 2.67 bits per heavy atom. The van der Waals surface area contributed by atoms with Crippen LogP contribution in [0.5, 0.6) is 0 Å². The molecule has 0 aliphatic rings. The summed E-state index contributed by atoms with van der Waals surface area (Å²) in [6, 6.07) is 8.65. The molecule has 0 radical (unpaired) electrons. The highest BCUT2D eigenvalue weighted by Crippen LogP contribution is 2.14. The highest BCUT2D eigenvalue weighted by Gasteiger charge is 1.93. The van der Waals surface area contributed by atoms with E-state index in [1.54, 1.807) is 11.8 Å². The standard InChI is InChI=1S/C13H17NS/c1-3-4-5-10-14-11-12-6-8-13(15-2)9-7-12/h1,6-9,14H,4-5,10-11H2,2H3. The summed E-state index contributed by atoms with van der Waals surface area (Å²) >= 11 is 1.77. The van der Waals surface area contributed by atoms with Crippen LogP contribution < -0.4 is 5.32 Å². The van der Waals surface area contributed by atoms with Crippen molar-refractivity contribution in [2.24, 2.45) is 0 Å². The molecule has 0 atom stereocenters. The number of nitrogens with one attached hydrogen (secondary N) is 1. The molecule has 0 aliphatic carbocycles. The molecule has 0 amide bonds. The highest BCUT2D eigenvalue weighted by atomic mass is 32.2. The van der Waals surface area contributed by atoms with Crippen LogP contribution in [0.15, 0.2) is 29.2 Å². The molecule has 0 saturated heterocycles. The SMILES string of the molecule is C#CCCCNCc1ccc(SC)cc1. The monoisotopic (exact) mass is 219 g/mol. The lowest BCUT2D eigenvalue weighted by molar-refractivity contribution is 0.659. The van der Waals surface area contributed by atoms with Gasteiger partial charge in [-0.1, -0.05) is 12.1 Å². The lowest BCUT2D eigenvalue weighted by atomic mass is 10.2. The van der Waals surface area contributed by atoms with E-state index in [0.717, 1.165) is 25.9 Å². The van der Waals surface area contributed by atoms with Gasteiger partial charge in [0.05, 0.1) is 0 Å². The van der Waals surface area contributed by atoms with Gasteiger partial charge in [0.25, 0.3) is 0 Å². The van der Waals surface area contributed by atoms with Gasteiger partial charge in [-0.15, -0.1) is 24.1 Å². The molecule has 0 heterocycles. The first-order valence-electron chi connectivity index (χ1n) is 5.14. The van der Waals surface area contributed by atoms with E-state index in [1.807, 2.05) is 0 Å². The van der Waals surface area contributed by atoms with Crippen LogP contribution in [0.2, 0.25) is 0 Å². The number of thioether (sulfide) groups is 1. The lowest BCUT2D eigenvalue weighted by Gasteiger charge is -2.04. The molecule has 80 valence electrons. The third kappa shape index (κ3) is 4.92. The van der Waals surface area contributed by atoms with E-state index in [4.69, 9.17) is 6.42 Å². The lowest BCUT2D eigenvalue weighted by Crippen LogP contribution is -2.14. The number of benzene rings is 1. The van der Waals surface area contributed by atoms with E-state index in [-0.39, 0.29) is 0 Å². The maximum Gasteiger partial charge on any atom is 0.0205 e. The maximum absolute atomic E-state index is 5.17. The predicted octanol–water partition coefficient (Wildman–Crippen LogP) is 2.91. The van der Waals surface area contributed by atoms with Crippen LogP contribution in [-0.4, -0.2) is 12.8 Å². The molecule has 1 rings (SSSR count). The van der Waals surface area contributed by atoms with Gasteiger partial charge in [-0.25, -0.2) is 0 Å². The molecule has 15 heavy (non-hydrogen) atoms. The molecule has 0 spiro atoms. The largest absolute Gasteiger partial charge is 0.313 e. The third-order valence-corrected chi connectivity index (χ3v) is 2.91. The van der Waals surface area contributed by atoms with Crippen molar-refractivity contribution in [3.63, 3.8) is 0 Å². The van der Waals surface area contributed by atoms with Crippen LogP contribution in [0, 0.1) is 12.3 Å². The average molecular weight is 219 g/mol. The summed E-state index contributed by atoms with van der Waals surface area (Å²) in [7, 11) is 0. The van der Waals surface area contributed by atoms with Gasteiger partial charge in [0.2, 0.25) is 0 Å². The summed E-state index contributed by atoms with van der Waals surface area (Å²) < 4.78 is 0. The summed E-state index contributed by atoms with van der Waals surface area (Å²) in [5.74, 6) is 2.64. The number of terminal acetylenes is 1. The summed E-state index contributed by atoms with van der Waals surface area (Å²) in [5.41, 5.74) is 1.33. The number of unbranched alkanes of at least 4 members (excludes halogenated alkanes) is 1. The van der Waals surface area contributed by atoms with Crippen molar-refractivity contribution in [3.05, 3.63) is 29.8 Å². The number of hydrogen-bond acceptors (Lipinski definition) is 2. The van der Waals surface area contributed by atoms with Crippen molar-refractivity contribution in [2.75, 3.05) is 12.8 Å². The quantitative estimate of drug-likeness (QED) is 0.448. The normalized spacial score (nSPS) is 9.87. The minimum Gasteiger partial charge on any atom is -0.313 e. The summed E-state index contributed by atoms with van der Waals surface area (Å²) in [5, 5.41) is 3.37. The van der Waals surface area contributed by atoms with Gasteiger partial charge in [0.1, 0.15) is 0 Å². The molecule has 2 heteroatoms. The Hall–Kier alpha value is -0.910. The molecular formula is C13H17NS. The van der Waals surface area contributed by atoms with E-state index in [0.29, 0.717) is 0 Å². The van der Waals surface area contributed by atoms with E-state index >= 15 is 0 Å². The van der Waals surface area contributed by atoms with Crippen LogP contribution in [0.3, 0.4) is 0 Å². The smallest absolute Gasteiger partial charge is 0.0205 e. The fraction of sp³-hybridized carbons (Fsp3) is 0.385. The highest BCUT2D eigenvalue weighted by molar-refractivity contribution is 7.98. The Morgan fingerprint density at radius 1 is 1.33 bits per heavy atom. The fourth-order valence-electron chi connectivity index (χ4n) is 1.29. The van der Waals surface area contributed by atoms with Crippen LogP contribution in [0.4, 0.5) is 0 Å². The third-order valence-electron chi connectivity index (χ3n) is 2.16. The second-order valence-electron chi connectivity index (χ2n) is 3.33. The zero-order chi connectivity index (χ0) is 10.9. The molecular weight excluding hydrogens is 202 g/mol. The van der Waals surface area contributed by atoms with E-state index in [9.17, 15) is 0 Å². The van der Waals surface area contributed by atoms with Gasteiger partial charge in [-0.3, -0.25) is 0 Å². The van der Waals surface area contributed by atoms with E-state index in [1.165, 1.54) is 10.5 Å². The van der Waals surface area contributed by atoms with Gasteiger partial charge >= 0.3 is 0 Å². The minimum absolute atomic E-state index is 0.860. The Bertz CT molecular complexity index is 310. The Balaban J connectivity index is 2.23. The van der Waals surface area contributed by atoms with Crippen LogP contribution >= 0.6 is 11.8 Å². The van der Waals surface area contributed by atoms with Gasteiger partial charge in [0, 0.05) is 17.9 Å². The molecule has 0 fully saturated rings. The minimum atomic E-state index is 0.860. The molecule has 1 aromatic rings. The molecule has 1 N–H and O–H groups in total. The van der Waals surface area contributed by atoms with Gasteiger partial charge in [-0.05, 0) is 36.9 Å². The van der Waals surface area contributed by atoms with Crippen molar-refractivity contribution in [2.45, 2.75) is 24.3 Å². The summed E-state index contributed by atoms with van der Waals surface area (Å²) in [4.78, 5) is 1.31. The molecule has 0 aliphatic heterocycles. The van der Waals surface area contributed by atoms with Gasteiger partial charge in [-0.2, -0.15) is 0 Å². The molecule has 1 nitrogen and oxygen atoms in total. The Morgan fingerprint density at radius 2 is 2.07 bits per heavy atom. The van der Waals surface area contributed by atoms with Crippen molar-refractivity contribution in [1.29, 1.82) is 0 Å². The van der Waals surface area contributed by atoms with Crippen LogP contribution in [0.1, 0.15) is 18.4 Å². The number of rotatable bonds is 6. The fourth-order valence-corrected chi connectivity index (χ4v) is 1.70. The first-order chi connectivity index (χ1) is 7.36. The van der Waals surface area contributed by atoms with Crippen molar-refractivity contribution >= 4 is 11.8 Å². The molecule has 0 bridgehead atoms. The van der Waals surface area contributed by atoms with Gasteiger partial charge < -0.3 is 5.32 Å². The molecule has 0 aromatic heterocycles. The average Bonchev–Trinajstić information content (AvgIpc) is 2.30. The van der Waals surface area contributed by atoms with Gasteiger partial charge in [0.15, 0.2) is 0 Å². The Kier molecular flexibility index (Phi) is 5.99. The molecule has 0 saturated carbocycles. The first-order valence-corrected chi connectivity index (χ1v) is 6.36. The van der Waals surface area contributed by atoms with Crippen LogP contribution in [0.25, 0.3) is 0 Å². The van der Waals surface area contributed by atoms with Crippen molar-refractivity contribution < 1.29 is 0 Å². The van der Waals surface area contributed by atoms with Crippen molar-refractivity contribution in [3.8, 4) is 12.3 Å². The maximum atomic E-state index is 5.17. The van der Waals surface area contributed by atoms with Crippen molar-refractivity contribution in [1.82, 2.24) is 5.32 Å². The predicted molar refractivity (Wildman–Crippen MR) is 68.0 cm³/mol. The second-order valence-corrected chi connectivity index (χ2v) is 4.21. The zero-order valence-corrected chi connectivity index (χ0v) is 9.94. The molecule has 0 unspecified atom stereocenters.